The van der Waals surface area contributed by atoms with Gasteiger partial charge in [0.1, 0.15) is 0 Å². The molecule has 1 unspecified atom stereocenters. The van der Waals surface area contributed by atoms with Crippen LogP contribution < -0.4 is 9.47 Å². The van der Waals surface area contributed by atoms with E-state index in [9.17, 15) is 15.3 Å². The third-order valence-electron chi connectivity index (χ3n) is 5.25. The van der Waals surface area contributed by atoms with Crippen LogP contribution in [0.5, 0.6) is 23.0 Å². The van der Waals surface area contributed by atoms with E-state index in [0.29, 0.717) is 30.1 Å². The van der Waals surface area contributed by atoms with Crippen LogP contribution in [0.3, 0.4) is 0 Å². The van der Waals surface area contributed by atoms with Crippen LogP contribution >= 0.6 is 0 Å². The molecule has 2 aromatic carbocycles. The average molecular weight is 390 g/mol. The van der Waals surface area contributed by atoms with E-state index in [-0.39, 0.29) is 23.3 Å². The highest BCUT2D eigenvalue weighted by Gasteiger charge is 2.42. The number of benzene rings is 2. The SMILES string of the molecule is COc1cc(C[C@@H]2[C@@H](OC)OC[C@H]2C(O)c2ccc(O)c(OC)c2)ccc1O. The number of ether oxygens (including phenoxy) is 4. The van der Waals surface area contributed by atoms with Crippen molar-refractivity contribution in [2.24, 2.45) is 11.8 Å². The highest BCUT2D eigenvalue weighted by molar-refractivity contribution is 5.43. The van der Waals surface area contributed by atoms with Gasteiger partial charge in [-0.05, 0) is 41.8 Å². The highest BCUT2D eigenvalue weighted by atomic mass is 16.7. The van der Waals surface area contributed by atoms with Crippen molar-refractivity contribution in [3.8, 4) is 23.0 Å². The Bertz CT molecular complexity index is 807. The van der Waals surface area contributed by atoms with Crippen LogP contribution in [0, 0.1) is 11.8 Å². The van der Waals surface area contributed by atoms with Gasteiger partial charge in [0.25, 0.3) is 0 Å². The topological polar surface area (TPSA) is 97.6 Å². The van der Waals surface area contributed by atoms with Crippen molar-refractivity contribution in [1.82, 2.24) is 0 Å². The lowest BCUT2D eigenvalue weighted by Gasteiger charge is -2.26. The Morgan fingerprint density at radius 1 is 1.00 bits per heavy atom. The largest absolute Gasteiger partial charge is 0.504 e. The maximum Gasteiger partial charge on any atom is 0.160 e. The summed E-state index contributed by atoms with van der Waals surface area (Å²) in [6, 6.07) is 9.97. The normalized spacial score (nSPS) is 22.8. The molecule has 0 spiro atoms. The fourth-order valence-electron chi connectivity index (χ4n) is 3.72. The number of hydrogen-bond acceptors (Lipinski definition) is 7. The zero-order valence-electron chi connectivity index (χ0n) is 16.2. The van der Waals surface area contributed by atoms with Gasteiger partial charge in [0.2, 0.25) is 0 Å². The van der Waals surface area contributed by atoms with Crippen molar-refractivity contribution < 1.29 is 34.3 Å². The van der Waals surface area contributed by atoms with Crippen molar-refractivity contribution in [3.63, 3.8) is 0 Å². The minimum absolute atomic E-state index is 0.0172. The van der Waals surface area contributed by atoms with Crippen LogP contribution in [0.4, 0.5) is 0 Å². The van der Waals surface area contributed by atoms with Gasteiger partial charge in [-0.15, -0.1) is 0 Å². The van der Waals surface area contributed by atoms with E-state index in [2.05, 4.69) is 0 Å². The Hall–Kier alpha value is -2.48. The van der Waals surface area contributed by atoms with E-state index in [1.807, 2.05) is 6.07 Å². The number of phenols is 2. The number of rotatable bonds is 7. The molecule has 3 rings (SSSR count). The average Bonchev–Trinajstić information content (AvgIpc) is 3.11. The molecule has 0 amide bonds. The predicted molar refractivity (Wildman–Crippen MR) is 102 cm³/mol. The molecule has 3 N–H and O–H groups in total. The quantitative estimate of drug-likeness (QED) is 0.669. The number of methoxy groups -OCH3 is 3. The third-order valence-corrected chi connectivity index (χ3v) is 5.25. The summed E-state index contributed by atoms with van der Waals surface area (Å²) in [6.07, 6.45) is -0.705. The number of aromatic hydroxyl groups is 2. The molecule has 4 atom stereocenters. The number of aliphatic hydroxyl groups excluding tert-OH is 1. The zero-order chi connectivity index (χ0) is 20.3. The van der Waals surface area contributed by atoms with Crippen LogP contribution in [0.1, 0.15) is 17.2 Å². The summed E-state index contributed by atoms with van der Waals surface area (Å²) in [7, 11) is 4.54. The van der Waals surface area contributed by atoms with Crippen LogP contribution in [0.15, 0.2) is 36.4 Å². The Morgan fingerprint density at radius 3 is 2.29 bits per heavy atom. The predicted octanol–water partition coefficient (Wildman–Crippen LogP) is 2.63. The molecule has 0 radical (unpaired) electrons. The molecular weight excluding hydrogens is 364 g/mol. The third kappa shape index (κ3) is 4.01. The maximum atomic E-state index is 11.0. The molecule has 28 heavy (non-hydrogen) atoms. The molecule has 0 aromatic heterocycles. The van der Waals surface area contributed by atoms with E-state index < -0.39 is 12.4 Å². The van der Waals surface area contributed by atoms with Gasteiger partial charge in [-0.3, -0.25) is 0 Å². The summed E-state index contributed by atoms with van der Waals surface area (Å²) in [5, 5.41) is 30.6. The van der Waals surface area contributed by atoms with E-state index in [0.717, 1.165) is 5.56 Å². The van der Waals surface area contributed by atoms with Crippen molar-refractivity contribution >= 4 is 0 Å². The van der Waals surface area contributed by atoms with E-state index in [4.69, 9.17) is 18.9 Å². The van der Waals surface area contributed by atoms with Gasteiger partial charge in [0.15, 0.2) is 29.3 Å². The standard InChI is InChI=1S/C21H26O7/c1-25-18-9-12(4-6-16(18)22)8-14-15(11-28-21(14)27-3)20(24)13-5-7-17(23)19(10-13)26-2/h4-7,9-10,14-15,20-24H,8,11H2,1-3H3/t14-,15+,20?,21-/m0/s1. The molecule has 152 valence electrons. The summed E-state index contributed by atoms with van der Waals surface area (Å²) in [4.78, 5) is 0. The minimum Gasteiger partial charge on any atom is -0.504 e. The van der Waals surface area contributed by atoms with Gasteiger partial charge in [-0.2, -0.15) is 0 Å². The maximum absolute atomic E-state index is 11.0. The summed E-state index contributed by atoms with van der Waals surface area (Å²) in [5.41, 5.74) is 1.57. The summed E-state index contributed by atoms with van der Waals surface area (Å²) in [6.45, 7) is 0.336. The van der Waals surface area contributed by atoms with Crippen LogP contribution in [0.2, 0.25) is 0 Å². The van der Waals surface area contributed by atoms with E-state index in [1.54, 1.807) is 31.4 Å². The number of aliphatic hydroxyl groups is 1. The van der Waals surface area contributed by atoms with Crippen molar-refractivity contribution in [2.45, 2.75) is 18.8 Å². The fraction of sp³-hybridized carbons (Fsp3) is 0.429. The first-order chi connectivity index (χ1) is 13.5. The van der Waals surface area contributed by atoms with Gasteiger partial charge in [0.05, 0.1) is 26.9 Å². The highest BCUT2D eigenvalue weighted by Crippen LogP contribution is 2.41. The van der Waals surface area contributed by atoms with E-state index in [1.165, 1.54) is 20.3 Å². The Labute approximate surface area is 164 Å². The molecule has 7 nitrogen and oxygen atoms in total. The van der Waals surface area contributed by atoms with Gasteiger partial charge < -0.3 is 34.3 Å². The monoisotopic (exact) mass is 390 g/mol. The lowest BCUT2D eigenvalue weighted by atomic mass is 9.82. The molecule has 1 fully saturated rings. The lowest BCUT2D eigenvalue weighted by Crippen LogP contribution is -2.28. The summed E-state index contributed by atoms with van der Waals surface area (Å²) >= 11 is 0. The van der Waals surface area contributed by atoms with Gasteiger partial charge in [-0.1, -0.05) is 12.1 Å². The van der Waals surface area contributed by atoms with Crippen LogP contribution in [-0.4, -0.2) is 49.5 Å². The van der Waals surface area contributed by atoms with E-state index >= 15 is 0 Å². The van der Waals surface area contributed by atoms with Gasteiger partial charge in [0, 0.05) is 18.9 Å². The first kappa shape index (κ1) is 20.3. The van der Waals surface area contributed by atoms with Crippen molar-refractivity contribution in [3.05, 3.63) is 47.5 Å². The molecule has 2 aromatic rings. The lowest BCUT2D eigenvalue weighted by molar-refractivity contribution is -0.110. The second-order valence-electron chi connectivity index (χ2n) is 6.85. The first-order valence-electron chi connectivity index (χ1n) is 9.03. The molecule has 1 heterocycles. The molecule has 1 aliphatic heterocycles. The minimum atomic E-state index is -0.821. The Balaban J connectivity index is 1.85. The Kier molecular flexibility index (Phi) is 6.28. The second kappa shape index (κ2) is 8.68. The summed E-state index contributed by atoms with van der Waals surface area (Å²) in [5.74, 6) is 0.450. The van der Waals surface area contributed by atoms with Crippen molar-refractivity contribution in [2.75, 3.05) is 27.9 Å². The Morgan fingerprint density at radius 2 is 1.64 bits per heavy atom. The number of phenolic OH excluding ortho intramolecular Hbond substituents is 2. The number of hydrogen-bond donors (Lipinski definition) is 3. The van der Waals surface area contributed by atoms with Gasteiger partial charge >= 0.3 is 0 Å². The molecule has 1 aliphatic rings. The first-order valence-corrected chi connectivity index (χ1v) is 9.03. The smallest absolute Gasteiger partial charge is 0.160 e. The second-order valence-corrected chi connectivity index (χ2v) is 6.85. The van der Waals surface area contributed by atoms with Crippen molar-refractivity contribution in [1.29, 1.82) is 0 Å². The molecule has 0 aliphatic carbocycles. The summed E-state index contributed by atoms with van der Waals surface area (Å²) < 4.78 is 21.6. The van der Waals surface area contributed by atoms with Gasteiger partial charge in [-0.25, -0.2) is 0 Å². The molecular formula is C21H26O7. The zero-order valence-corrected chi connectivity index (χ0v) is 16.2. The fourth-order valence-corrected chi connectivity index (χ4v) is 3.72. The molecule has 0 saturated carbocycles. The van der Waals surface area contributed by atoms with Crippen LogP contribution in [-0.2, 0) is 15.9 Å². The molecule has 7 heteroatoms. The van der Waals surface area contributed by atoms with Crippen LogP contribution in [0.25, 0.3) is 0 Å². The molecule has 0 bridgehead atoms. The molecule has 1 saturated heterocycles.